The normalized spacial score (nSPS) is 11.4. The van der Waals surface area contributed by atoms with Crippen LogP contribution in [0.5, 0.6) is 0 Å². The van der Waals surface area contributed by atoms with E-state index in [1.165, 1.54) is 6.20 Å². The van der Waals surface area contributed by atoms with Crippen molar-refractivity contribution in [2.75, 3.05) is 11.5 Å². The lowest BCUT2D eigenvalue weighted by Crippen LogP contribution is -2.10. The second-order valence-electron chi connectivity index (χ2n) is 3.72. The Kier molecular flexibility index (Phi) is 3.29. The number of nitrogen functional groups attached to an aromatic ring is 1. The van der Waals surface area contributed by atoms with Crippen LogP contribution in [0.25, 0.3) is 11.1 Å². The minimum atomic E-state index is -3.43. The highest BCUT2D eigenvalue weighted by molar-refractivity contribution is 7.91. The zero-order valence-electron chi connectivity index (χ0n) is 9.87. The van der Waals surface area contributed by atoms with Crippen LogP contribution in [0.4, 0.5) is 5.95 Å². The van der Waals surface area contributed by atoms with Gasteiger partial charge in [-0.15, -0.1) is 0 Å². The maximum absolute atomic E-state index is 12.0. The van der Waals surface area contributed by atoms with Gasteiger partial charge in [0.2, 0.25) is 5.95 Å². The van der Waals surface area contributed by atoms with Gasteiger partial charge in [-0.3, -0.25) is 0 Å². The molecule has 2 rings (SSSR count). The Morgan fingerprint density at radius 1 is 1.22 bits per heavy atom. The third-order valence-corrected chi connectivity index (χ3v) is 4.19. The first-order valence-electron chi connectivity index (χ1n) is 5.45. The number of sulfone groups is 1. The van der Waals surface area contributed by atoms with Crippen molar-refractivity contribution < 1.29 is 8.42 Å². The molecular formula is C12H13N3O2S. The van der Waals surface area contributed by atoms with E-state index < -0.39 is 9.84 Å². The van der Waals surface area contributed by atoms with E-state index in [4.69, 9.17) is 5.73 Å². The SMILES string of the molecule is CCS(=O)(=O)c1nc(N)ncc1-c1ccccc1. The van der Waals surface area contributed by atoms with Crippen LogP contribution in [-0.2, 0) is 9.84 Å². The molecular weight excluding hydrogens is 250 g/mol. The number of aromatic nitrogens is 2. The number of nitrogens with two attached hydrogens (primary N) is 1. The van der Waals surface area contributed by atoms with Crippen LogP contribution >= 0.6 is 0 Å². The Labute approximate surface area is 106 Å². The molecule has 0 saturated carbocycles. The Bertz CT molecular complexity index is 654. The Hall–Kier alpha value is -1.95. The second-order valence-corrected chi connectivity index (χ2v) is 5.91. The summed E-state index contributed by atoms with van der Waals surface area (Å²) in [6.45, 7) is 1.57. The van der Waals surface area contributed by atoms with Crippen molar-refractivity contribution in [2.45, 2.75) is 11.9 Å². The Morgan fingerprint density at radius 2 is 1.89 bits per heavy atom. The van der Waals surface area contributed by atoms with Gasteiger partial charge in [0.15, 0.2) is 14.9 Å². The van der Waals surface area contributed by atoms with Crippen molar-refractivity contribution >= 4 is 15.8 Å². The summed E-state index contributed by atoms with van der Waals surface area (Å²) in [7, 11) is -3.43. The van der Waals surface area contributed by atoms with E-state index in [-0.39, 0.29) is 16.7 Å². The molecule has 0 radical (unpaired) electrons. The maximum atomic E-state index is 12.0. The molecule has 0 spiro atoms. The average Bonchev–Trinajstić information content (AvgIpc) is 2.39. The molecule has 94 valence electrons. The van der Waals surface area contributed by atoms with E-state index in [1.54, 1.807) is 6.92 Å². The predicted octanol–water partition coefficient (Wildman–Crippen LogP) is 1.52. The van der Waals surface area contributed by atoms with Crippen molar-refractivity contribution in [1.29, 1.82) is 0 Å². The molecule has 0 fully saturated rings. The lowest BCUT2D eigenvalue weighted by molar-refractivity contribution is 0.594. The van der Waals surface area contributed by atoms with Crippen LogP contribution in [0.15, 0.2) is 41.6 Å². The standard InChI is InChI=1S/C12H13N3O2S/c1-2-18(16,17)11-10(8-14-12(13)15-11)9-6-4-3-5-7-9/h3-8H,2H2,1H3,(H2,13,14,15). The summed E-state index contributed by atoms with van der Waals surface area (Å²) in [5.74, 6) is -0.0646. The van der Waals surface area contributed by atoms with Gasteiger partial charge in [0.25, 0.3) is 0 Å². The monoisotopic (exact) mass is 263 g/mol. The highest BCUT2D eigenvalue weighted by Gasteiger charge is 2.20. The number of hydrogen-bond acceptors (Lipinski definition) is 5. The molecule has 18 heavy (non-hydrogen) atoms. The Morgan fingerprint density at radius 3 is 2.50 bits per heavy atom. The third-order valence-electron chi connectivity index (χ3n) is 2.53. The fraction of sp³-hybridized carbons (Fsp3) is 0.167. The summed E-state index contributed by atoms with van der Waals surface area (Å²) < 4.78 is 24.0. The van der Waals surface area contributed by atoms with Crippen molar-refractivity contribution in [3.63, 3.8) is 0 Å². The van der Waals surface area contributed by atoms with Gasteiger partial charge >= 0.3 is 0 Å². The number of hydrogen-bond donors (Lipinski definition) is 1. The molecule has 0 bridgehead atoms. The van der Waals surface area contributed by atoms with E-state index in [9.17, 15) is 8.42 Å². The van der Waals surface area contributed by atoms with Crippen LogP contribution in [-0.4, -0.2) is 24.1 Å². The first kappa shape index (κ1) is 12.5. The molecule has 5 nitrogen and oxygen atoms in total. The van der Waals surface area contributed by atoms with Crippen LogP contribution in [0.3, 0.4) is 0 Å². The molecule has 1 aromatic carbocycles. The fourth-order valence-corrected chi connectivity index (χ4v) is 2.58. The smallest absolute Gasteiger partial charge is 0.221 e. The van der Waals surface area contributed by atoms with Crippen LogP contribution < -0.4 is 5.73 Å². The van der Waals surface area contributed by atoms with Gasteiger partial charge in [-0.2, -0.15) is 0 Å². The average molecular weight is 263 g/mol. The molecule has 6 heteroatoms. The van der Waals surface area contributed by atoms with Gasteiger partial charge in [0.05, 0.1) is 5.75 Å². The summed E-state index contributed by atoms with van der Waals surface area (Å²) in [5.41, 5.74) is 6.70. The lowest BCUT2D eigenvalue weighted by atomic mass is 10.1. The largest absolute Gasteiger partial charge is 0.368 e. The third kappa shape index (κ3) is 2.33. The molecule has 0 atom stereocenters. The molecule has 0 aliphatic carbocycles. The van der Waals surface area contributed by atoms with Crippen molar-refractivity contribution in [2.24, 2.45) is 0 Å². The van der Waals surface area contributed by atoms with E-state index in [2.05, 4.69) is 9.97 Å². The number of nitrogens with zero attached hydrogens (tertiary/aromatic N) is 2. The lowest BCUT2D eigenvalue weighted by Gasteiger charge is -2.08. The van der Waals surface area contributed by atoms with Crippen molar-refractivity contribution in [1.82, 2.24) is 9.97 Å². The molecule has 0 saturated heterocycles. The highest BCUT2D eigenvalue weighted by atomic mass is 32.2. The molecule has 0 amide bonds. The molecule has 1 aromatic heterocycles. The van der Waals surface area contributed by atoms with Gasteiger partial charge < -0.3 is 5.73 Å². The first-order valence-corrected chi connectivity index (χ1v) is 7.10. The first-order chi connectivity index (χ1) is 8.54. The van der Waals surface area contributed by atoms with Gasteiger partial charge in [-0.05, 0) is 5.56 Å². The number of benzene rings is 1. The number of anilines is 1. The molecule has 0 aliphatic rings. The van der Waals surface area contributed by atoms with Gasteiger partial charge in [0, 0.05) is 11.8 Å². The van der Waals surface area contributed by atoms with E-state index in [0.717, 1.165) is 5.56 Å². The summed E-state index contributed by atoms with van der Waals surface area (Å²) in [5, 5.41) is -0.0105. The highest BCUT2D eigenvalue weighted by Crippen LogP contribution is 2.26. The molecule has 2 N–H and O–H groups in total. The second kappa shape index (κ2) is 4.73. The summed E-state index contributed by atoms with van der Waals surface area (Å²) in [6, 6.07) is 9.13. The van der Waals surface area contributed by atoms with Gasteiger partial charge in [-0.25, -0.2) is 18.4 Å². The van der Waals surface area contributed by atoms with E-state index in [0.29, 0.717) is 5.56 Å². The van der Waals surface area contributed by atoms with Crippen LogP contribution in [0.1, 0.15) is 6.92 Å². The zero-order valence-corrected chi connectivity index (χ0v) is 10.7. The zero-order chi connectivity index (χ0) is 13.2. The van der Waals surface area contributed by atoms with Crippen LogP contribution in [0.2, 0.25) is 0 Å². The maximum Gasteiger partial charge on any atom is 0.221 e. The molecule has 1 heterocycles. The van der Waals surface area contributed by atoms with E-state index >= 15 is 0 Å². The van der Waals surface area contributed by atoms with Crippen molar-refractivity contribution in [3.8, 4) is 11.1 Å². The molecule has 0 aliphatic heterocycles. The summed E-state index contributed by atoms with van der Waals surface area (Å²) >= 11 is 0. The minimum Gasteiger partial charge on any atom is -0.368 e. The van der Waals surface area contributed by atoms with Crippen molar-refractivity contribution in [3.05, 3.63) is 36.5 Å². The van der Waals surface area contributed by atoms with Gasteiger partial charge in [-0.1, -0.05) is 37.3 Å². The quantitative estimate of drug-likeness (QED) is 0.848. The fourth-order valence-electron chi connectivity index (χ4n) is 1.57. The molecule has 0 unspecified atom stereocenters. The predicted molar refractivity (Wildman–Crippen MR) is 69.6 cm³/mol. The van der Waals surface area contributed by atoms with Crippen LogP contribution in [0, 0.1) is 0 Å². The van der Waals surface area contributed by atoms with Gasteiger partial charge in [0.1, 0.15) is 0 Å². The number of rotatable bonds is 3. The topological polar surface area (TPSA) is 85.9 Å². The molecule has 2 aromatic rings. The summed E-state index contributed by atoms with van der Waals surface area (Å²) in [4.78, 5) is 7.74. The Balaban J connectivity index is 2.70. The minimum absolute atomic E-state index is 0.0105. The van der Waals surface area contributed by atoms with E-state index in [1.807, 2.05) is 30.3 Å². The summed E-state index contributed by atoms with van der Waals surface area (Å²) in [6.07, 6.45) is 1.44.